The SMILES string of the molecule is Cl.Cl.NC(=Nc1ccc2c(c1)CCN2C1CCCNC1)c1cccs1. The summed E-state index contributed by atoms with van der Waals surface area (Å²) in [4.78, 5) is 8.19. The molecule has 1 atom stereocenters. The number of nitrogens with zero attached hydrogens (tertiary/aromatic N) is 2. The molecule has 2 aromatic rings. The Labute approximate surface area is 165 Å². The fourth-order valence-electron chi connectivity index (χ4n) is 3.58. The average molecular weight is 399 g/mol. The molecule has 0 saturated carbocycles. The van der Waals surface area contributed by atoms with Crippen LogP contribution < -0.4 is 16.0 Å². The number of thiophene rings is 1. The first-order chi connectivity index (χ1) is 11.3. The number of benzene rings is 1. The van der Waals surface area contributed by atoms with Crippen molar-refractivity contribution in [2.24, 2.45) is 10.7 Å². The maximum atomic E-state index is 6.10. The Morgan fingerprint density at radius 3 is 2.88 bits per heavy atom. The number of hydrogen-bond acceptors (Lipinski definition) is 4. The molecule has 0 amide bonds. The van der Waals surface area contributed by atoms with Crippen molar-refractivity contribution in [3.8, 4) is 0 Å². The zero-order valence-electron chi connectivity index (χ0n) is 14.0. The van der Waals surface area contributed by atoms with Crippen LogP contribution in [0.3, 0.4) is 0 Å². The van der Waals surface area contributed by atoms with Crippen LogP contribution in [-0.2, 0) is 6.42 Å². The second-order valence-electron chi connectivity index (χ2n) is 6.23. The Balaban J connectivity index is 0.00000113. The predicted octanol–water partition coefficient (Wildman–Crippen LogP) is 3.74. The maximum absolute atomic E-state index is 6.10. The number of halogens is 2. The zero-order chi connectivity index (χ0) is 15.6. The smallest absolute Gasteiger partial charge is 0.141 e. The van der Waals surface area contributed by atoms with E-state index in [-0.39, 0.29) is 24.8 Å². The van der Waals surface area contributed by atoms with E-state index in [0.29, 0.717) is 11.9 Å². The summed E-state index contributed by atoms with van der Waals surface area (Å²) in [5.74, 6) is 0.603. The third kappa shape index (κ3) is 4.29. The van der Waals surface area contributed by atoms with Gasteiger partial charge in [-0.2, -0.15) is 0 Å². The lowest BCUT2D eigenvalue weighted by Gasteiger charge is -2.33. The molecule has 1 fully saturated rings. The Morgan fingerprint density at radius 2 is 2.16 bits per heavy atom. The number of fused-ring (bicyclic) bond motifs is 1. The zero-order valence-corrected chi connectivity index (χ0v) is 16.4. The minimum absolute atomic E-state index is 0. The Bertz CT molecular complexity index is 712. The molecule has 3 heterocycles. The first-order valence-corrected chi connectivity index (χ1v) is 9.17. The Kier molecular flexibility index (Phi) is 7.14. The van der Waals surface area contributed by atoms with Crippen LogP contribution in [0.25, 0.3) is 0 Å². The number of rotatable bonds is 3. The van der Waals surface area contributed by atoms with Gasteiger partial charge >= 0.3 is 0 Å². The van der Waals surface area contributed by atoms with Gasteiger partial charge in [-0.1, -0.05) is 6.07 Å². The standard InChI is InChI=1S/C18H22N4S.2ClH/c19-18(17-4-2-10-23-17)21-14-5-6-16-13(11-14)7-9-22(16)15-3-1-8-20-12-15;;/h2,4-6,10-11,15,20H,1,3,7-9,12H2,(H2,19,21);2*1H. The van der Waals surface area contributed by atoms with Gasteiger partial charge in [0.15, 0.2) is 0 Å². The van der Waals surface area contributed by atoms with Gasteiger partial charge in [0.2, 0.25) is 0 Å². The van der Waals surface area contributed by atoms with Crippen molar-refractivity contribution in [1.29, 1.82) is 0 Å². The molecule has 2 aliphatic heterocycles. The van der Waals surface area contributed by atoms with Crippen LogP contribution in [0.15, 0.2) is 40.7 Å². The highest BCUT2D eigenvalue weighted by Crippen LogP contribution is 2.34. The summed E-state index contributed by atoms with van der Waals surface area (Å²) in [7, 11) is 0. The highest BCUT2D eigenvalue weighted by Gasteiger charge is 2.27. The van der Waals surface area contributed by atoms with Crippen LogP contribution in [0.4, 0.5) is 11.4 Å². The van der Waals surface area contributed by atoms with Crippen molar-refractivity contribution in [2.45, 2.75) is 25.3 Å². The molecule has 1 saturated heterocycles. The fraction of sp³-hybridized carbons (Fsp3) is 0.389. The number of nitrogens with two attached hydrogens (primary N) is 1. The van der Waals surface area contributed by atoms with Gasteiger partial charge in [0, 0.05) is 24.8 Å². The van der Waals surface area contributed by atoms with E-state index in [0.717, 1.165) is 36.6 Å². The van der Waals surface area contributed by atoms with Crippen molar-refractivity contribution in [2.75, 3.05) is 24.5 Å². The fourth-order valence-corrected chi connectivity index (χ4v) is 4.21. The Hall–Kier alpha value is -1.27. The summed E-state index contributed by atoms with van der Waals surface area (Å²) in [6.45, 7) is 3.38. The topological polar surface area (TPSA) is 53.6 Å². The minimum atomic E-state index is 0. The van der Waals surface area contributed by atoms with E-state index < -0.39 is 0 Å². The molecule has 7 heteroatoms. The van der Waals surface area contributed by atoms with Crippen LogP contribution in [0.1, 0.15) is 23.3 Å². The van der Waals surface area contributed by atoms with Crippen molar-refractivity contribution in [1.82, 2.24) is 5.32 Å². The van der Waals surface area contributed by atoms with Gasteiger partial charge in [-0.25, -0.2) is 4.99 Å². The van der Waals surface area contributed by atoms with E-state index in [1.54, 1.807) is 11.3 Å². The van der Waals surface area contributed by atoms with Gasteiger partial charge in [0.1, 0.15) is 5.84 Å². The van der Waals surface area contributed by atoms with E-state index in [1.807, 2.05) is 17.5 Å². The van der Waals surface area contributed by atoms with Crippen molar-refractivity contribution in [3.05, 3.63) is 46.2 Å². The molecule has 2 aliphatic rings. The minimum Gasteiger partial charge on any atom is -0.383 e. The van der Waals surface area contributed by atoms with E-state index >= 15 is 0 Å². The third-order valence-electron chi connectivity index (χ3n) is 4.73. The predicted molar refractivity (Wildman–Crippen MR) is 113 cm³/mol. The number of anilines is 1. The Morgan fingerprint density at radius 1 is 1.28 bits per heavy atom. The molecule has 0 radical (unpaired) electrons. The van der Waals surface area contributed by atoms with Crippen LogP contribution in [-0.4, -0.2) is 31.5 Å². The summed E-state index contributed by atoms with van der Waals surface area (Å²) >= 11 is 1.62. The first-order valence-electron chi connectivity index (χ1n) is 8.29. The van der Waals surface area contributed by atoms with Crippen LogP contribution >= 0.6 is 36.2 Å². The van der Waals surface area contributed by atoms with Crippen molar-refractivity contribution in [3.63, 3.8) is 0 Å². The molecule has 1 aromatic heterocycles. The molecular formula is C18H24Cl2N4S. The van der Waals surface area contributed by atoms with Crippen LogP contribution in [0, 0.1) is 0 Å². The number of aliphatic imine (C=N–C) groups is 1. The summed E-state index contributed by atoms with van der Waals surface area (Å²) in [6, 6.07) is 11.2. The lowest BCUT2D eigenvalue weighted by molar-refractivity contribution is 0.437. The van der Waals surface area contributed by atoms with Gasteiger partial charge in [-0.3, -0.25) is 0 Å². The highest BCUT2D eigenvalue weighted by molar-refractivity contribution is 7.12. The molecule has 25 heavy (non-hydrogen) atoms. The van der Waals surface area contributed by atoms with E-state index in [4.69, 9.17) is 5.73 Å². The van der Waals surface area contributed by atoms with Gasteiger partial charge in [0.25, 0.3) is 0 Å². The monoisotopic (exact) mass is 398 g/mol. The molecule has 0 aliphatic carbocycles. The van der Waals surface area contributed by atoms with E-state index in [2.05, 4.69) is 33.4 Å². The molecule has 4 rings (SSSR count). The lowest BCUT2D eigenvalue weighted by atomic mass is 10.1. The molecule has 4 nitrogen and oxygen atoms in total. The van der Waals surface area contributed by atoms with E-state index in [9.17, 15) is 0 Å². The number of nitrogens with one attached hydrogen (secondary N) is 1. The maximum Gasteiger partial charge on any atom is 0.141 e. The summed E-state index contributed by atoms with van der Waals surface area (Å²) in [5, 5.41) is 5.54. The molecule has 0 spiro atoms. The van der Waals surface area contributed by atoms with Crippen molar-refractivity contribution < 1.29 is 0 Å². The lowest BCUT2D eigenvalue weighted by Crippen LogP contribution is -2.45. The van der Waals surface area contributed by atoms with E-state index in [1.165, 1.54) is 24.1 Å². The van der Waals surface area contributed by atoms with Gasteiger partial charge in [0.05, 0.1) is 10.6 Å². The van der Waals surface area contributed by atoms with Crippen LogP contribution in [0.5, 0.6) is 0 Å². The molecule has 3 N–H and O–H groups in total. The molecule has 0 bridgehead atoms. The second kappa shape index (κ2) is 8.90. The summed E-state index contributed by atoms with van der Waals surface area (Å²) in [5.41, 5.74) is 9.84. The number of amidine groups is 1. The van der Waals surface area contributed by atoms with Crippen molar-refractivity contribution >= 4 is 53.4 Å². The molecular weight excluding hydrogens is 375 g/mol. The number of piperidine rings is 1. The molecule has 1 unspecified atom stereocenters. The third-order valence-corrected chi connectivity index (χ3v) is 5.62. The average Bonchev–Trinajstić information content (AvgIpc) is 3.25. The largest absolute Gasteiger partial charge is 0.383 e. The summed E-state index contributed by atoms with van der Waals surface area (Å²) < 4.78 is 0. The van der Waals surface area contributed by atoms with Gasteiger partial charge in [-0.05, 0) is 61.0 Å². The highest BCUT2D eigenvalue weighted by atomic mass is 35.5. The first kappa shape index (κ1) is 20.0. The second-order valence-corrected chi connectivity index (χ2v) is 7.18. The number of hydrogen-bond donors (Lipinski definition) is 2. The van der Waals surface area contributed by atoms with Gasteiger partial charge < -0.3 is 16.0 Å². The van der Waals surface area contributed by atoms with Crippen LogP contribution in [0.2, 0.25) is 0 Å². The summed E-state index contributed by atoms with van der Waals surface area (Å²) in [6.07, 6.45) is 3.67. The molecule has 1 aromatic carbocycles. The molecule has 136 valence electrons. The normalized spacial score (nSPS) is 19.8. The quantitative estimate of drug-likeness (QED) is 0.611. The van der Waals surface area contributed by atoms with Gasteiger partial charge in [-0.15, -0.1) is 36.2 Å².